The molecule has 0 aliphatic heterocycles. The van der Waals surface area contributed by atoms with E-state index in [1.165, 1.54) is 0 Å². The van der Waals surface area contributed by atoms with Gasteiger partial charge in [0.05, 0.1) is 0 Å². The molecule has 1 aromatic rings. The third-order valence-corrected chi connectivity index (χ3v) is 3.59. The Morgan fingerprint density at radius 3 is 2.26 bits per heavy atom. The van der Waals surface area contributed by atoms with Crippen molar-refractivity contribution in [2.45, 2.75) is 37.3 Å². The van der Waals surface area contributed by atoms with E-state index in [0.717, 1.165) is 12.8 Å². The van der Waals surface area contributed by atoms with Gasteiger partial charge in [-0.3, -0.25) is 4.79 Å². The van der Waals surface area contributed by atoms with Crippen LogP contribution < -0.4 is 5.32 Å². The summed E-state index contributed by atoms with van der Waals surface area (Å²) >= 11 is 0. The van der Waals surface area contributed by atoms with Crippen LogP contribution in [0.4, 0.5) is 0 Å². The molecule has 2 rings (SSSR count). The number of hydrogen-bond acceptors (Lipinski definition) is 3. The van der Waals surface area contributed by atoms with Gasteiger partial charge < -0.3 is 15.5 Å². The second kappa shape index (κ2) is 5.40. The van der Waals surface area contributed by atoms with Crippen LogP contribution in [0.5, 0.6) is 0 Å². The fourth-order valence-electron chi connectivity index (χ4n) is 2.46. The minimum Gasteiger partial charge on any atom is -0.480 e. The SMILES string of the molecule is O=C(NC1(C(=O)O)CCCC1)C(O)c1ccccc1. The van der Waals surface area contributed by atoms with Crippen LogP contribution in [0.15, 0.2) is 30.3 Å². The van der Waals surface area contributed by atoms with Crippen molar-refractivity contribution in [1.29, 1.82) is 0 Å². The molecule has 0 bridgehead atoms. The first-order valence-corrected chi connectivity index (χ1v) is 6.34. The standard InChI is InChI=1S/C14H17NO4/c16-11(10-6-2-1-3-7-10)12(17)15-14(13(18)19)8-4-5-9-14/h1-3,6-7,11,16H,4-5,8-9H2,(H,15,17)(H,18,19). The molecule has 0 aromatic heterocycles. The van der Waals surface area contributed by atoms with Crippen LogP contribution in [0.3, 0.4) is 0 Å². The fourth-order valence-corrected chi connectivity index (χ4v) is 2.46. The first kappa shape index (κ1) is 13.5. The number of aliphatic hydroxyl groups is 1. The molecule has 1 aromatic carbocycles. The maximum Gasteiger partial charge on any atom is 0.329 e. The van der Waals surface area contributed by atoms with Crippen molar-refractivity contribution in [1.82, 2.24) is 5.32 Å². The predicted molar refractivity (Wildman–Crippen MR) is 68.4 cm³/mol. The summed E-state index contributed by atoms with van der Waals surface area (Å²) in [7, 11) is 0. The molecule has 3 N–H and O–H groups in total. The van der Waals surface area contributed by atoms with Gasteiger partial charge in [-0.05, 0) is 18.4 Å². The van der Waals surface area contributed by atoms with E-state index >= 15 is 0 Å². The molecule has 1 unspecified atom stereocenters. The van der Waals surface area contributed by atoms with Crippen molar-refractivity contribution in [2.75, 3.05) is 0 Å². The monoisotopic (exact) mass is 263 g/mol. The summed E-state index contributed by atoms with van der Waals surface area (Å²) in [6, 6.07) is 8.48. The molecule has 102 valence electrons. The van der Waals surface area contributed by atoms with Gasteiger partial charge in [-0.25, -0.2) is 4.79 Å². The molecule has 1 saturated carbocycles. The van der Waals surface area contributed by atoms with E-state index in [-0.39, 0.29) is 0 Å². The maximum atomic E-state index is 12.0. The number of hydrogen-bond donors (Lipinski definition) is 3. The lowest BCUT2D eigenvalue weighted by Crippen LogP contribution is -2.53. The van der Waals surface area contributed by atoms with Gasteiger partial charge in [0.1, 0.15) is 5.54 Å². The molecule has 1 atom stereocenters. The van der Waals surface area contributed by atoms with Gasteiger partial charge in [0.25, 0.3) is 5.91 Å². The largest absolute Gasteiger partial charge is 0.480 e. The van der Waals surface area contributed by atoms with Crippen LogP contribution in [0.1, 0.15) is 37.4 Å². The molecular formula is C14H17NO4. The summed E-state index contributed by atoms with van der Waals surface area (Å²) in [5.41, 5.74) is -0.758. The third-order valence-electron chi connectivity index (χ3n) is 3.59. The van der Waals surface area contributed by atoms with Crippen LogP contribution in [0.25, 0.3) is 0 Å². The Balaban J connectivity index is 2.10. The number of amides is 1. The second-order valence-corrected chi connectivity index (χ2v) is 4.90. The number of nitrogens with one attached hydrogen (secondary N) is 1. The van der Waals surface area contributed by atoms with E-state index in [2.05, 4.69) is 5.32 Å². The lowest BCUT2D eigenvalue weighted by atomic mass is 9.97. The average Bonchev–Trinajstić information content (AvgIpc) is 2.88. The van der Waals surface area contributed by atoms with Crippen LogP contribution in [-0.2, 0) is 9.59 Å². The van der Waals surface area contributed by atoms with Crippen molar-refractivity contribution in [2.24, 2.45) is 0 Å². The molecular weight excluding hydrogens is 246 g/mol. The Labute approximate surface area is 111 Å². The van der Waals surface area contributed by atoms with Gasteiger partial charge >= 0.3 is 5.97 Å². The number of carboxylic acid groups (broad SMARTS) is 1. The molecule has 1 aliphatic rings. The highest BCUT2D eigenvalue weighted by atomic mass is 16.4. The number of carboxylic acids is 1. The van der Waals surface area contributed by atoms with Gasteiger partial charge in [-0.1, -0.05) is 43.2 Å². The summed E-state index contributed by atoms with van der Waals surface area (Å²) in [5.74, 6) is -1.69. The van der Waals surface area contributed by atoms with Gasteiger partial charge in [0.15, 0.2) is 6.10 Å². The van der Waals surface area contributed by atoms with E-state index in [1.807, 2.05) is 0 Å². The summed E-state index contributed by atoms with van der Waals surface area (Å²) in [4.78, 5) is 23.3. The van der Waals surface area contributed by atoms with E-state index in [0.29, 0.717) is 18.4 Å². The third kappa shape index (κ3) is 2.76. The Hall–Kier alpha value is -1.88. The number of rotatable bonds is 4. The van der Waals surface area contributed by atoms with E-state index in [1.54, 1.807) is 30.3 Å². The van der Waals surface area contributed by atoms with Crippen molar-refractivity contribution in [3.8, 4) is 0 Å². The summed E-state index contributed by atoms with van der Waals surface area (Å²) in [5, 5.41) is 21.7. The minimum absolute atomic E-state index is 0.412. The Bertz CT molecular complexity index is 466. The van der Waals surface area contributed by atoms with Gasteiger partial charge in [-0.15, -0.1) is 0 Å². The number of carbonyl (C=O) groups is 2. The summed E-state index contributed by atoms with van der Waals surface area (Å²) < 4.78 is 0. The first-order chi connectivity index (χ1) is 9.05. The summed E-state index contributed by atoms with van der Waals surface area (Å²) in [6.45, 7) is 0. The molecule has 0 spiro atoms. The molecule has 1 fully saturated rings. The highest BCUT2D eigenvalue weighted by Crippen LogP contribution is 2.30. The lowest BCUT2D eigenvalue weighted by molar-refractivity contribution is -0.149. The number of aliphatic carboxylic acids is 1. The van der Waals surface area contributed by atoms with Crippen LogP contribution >= 0.6 is 0 Å². The molecule has 19 heavy (non-hydrogen) atoms. The van der Waals surface area contributed by atoms with Gasteiger partial charge in [0, 0.05) is 0 Å². The molecule has 5 nitrogen and oxygen atoms in total. The molecule has 1 aliphatic carbocycles. The van der Waals surface area contributed by atoms with Crippen LogP contribution in [0, 0.1) is 0 Å². The van der Waals surface area contributed by atoms with Gasteiger partial charge in [-0.2, -0.15) is 0 Å². The van der Waals surface area contributed by atoms with Crippen molar-refractivity contribution >= 4 is 11.9 Å². The molecule has 0 radical (unpaired) electrons. The van der Waals surface area contributed by atoms with Gasteiger partial charge in [0.2, 0.25) is 0 Å². The van der Waals surface area contributed by atoms with Crippen molar-refractivity contribution in [3.05, 3.63) is 35.9 Å². The fraction of sp³-hybridized carbons (Fsp3) is 0.429. The zero-order valence-corrected chi connectivity index (χ0v) is 10.5. The van der Waals surface area contributed by atoms with E-state index < -0.39 is 23.5 Å². The molecule has 0 saturated heterocycles. The average molecular weight is 263 g/mol. The van der Waals surface area contributed by atoms with Crippen LogP contribution in [0.2, 0.25) is 0 Å². The normalized spacial score (nSPS) is 18.8. The zero-order chi connectivity index (χ0) is 13.9. The Morgan fingerprint density at radius 1 is 1.16 bits per heavy atom. The molecule has 5 heteroatoms. The second-order valence-electron chi connectivity index (χ2n) is 4.90. The molecule has 1 amide bonds. The van der Waals surface area contributed by atoms with E-state index in [9.17, 15) is 19.8 Å². The minimum atomic E-state index is -1.34. The highest BCUT2D eigenvalue weighted by Gasteiger charge is 2.43. The molecule has 0 heterocycles. The topological polar surface area (TPSA) is 86.6 Å². The number of benzene rings is 1. The lowest BCUT2D eigenvalue weighted by Gasteiger charge is -2.26. The summed E-state index contributed by atoms with van der Waals surface area (Å²) in [6.07, 6.45) is 1.03. The van der Waals surface area contributed by atoms with Crippen LogP contribution in [-0.4, -0.2) is 27.6 Å². The highest BCUT2D eigenvalue weighted by molar-refractivity contribution is 5.89. The zero-order valence-electron chi connectivity index (χ0n) is 10.5. The van der Waals surface area contributed by atoms with E-state index in [4.69, 9.17) is 0 Å². The smallest absolute Gasteiger partial charge is 0.329 e. The van der Waals surface area contributed by atoms with Crippen molar-refractivity contribution < 1.29 is 19.8 Å². The number of carbonyl (C=O) groups excluding carboxylic acids is 1. The number of aliphatic hydroxyl groups excluding tert-OH is 1. The quantitative estimate of drug-likeness (QED) is 0.762. The van der Waals surface area contributed by atoms with Crippen molar-refractivity contribution in [3.63, 3.8) is 0 Å². The Morgan fingerprint density at radius 2 is 1.74 bits per heavy atom. The maximum absolute atomic E-state index is 12.0. The Kier molecular flexibility index (Phi) is 3.85. The first-order valence-electron chi connectivity index (χ1n) is 6.34. The predicted octanol–water partition coefficient (Wildman–Crippen LogP) is 1.23.